The fourth-order valence-corrected chi connectivity index (χ4v) is 5.41. The molecular formula is C33H41N5O7. The first-order valence-corrected chi connectivity index (χ1v) is 15.4. The van der Waals surface area contributed by atoms with Gasteiger partial charge in [-0.1, -0.05) is 43.3 Å². The molecule has 0 radical (unpaired) electrons. The average molecular weight is 620 g/mol. The number of rotatable bonds is 10. The summed E-state index contributed by atoms with van der Waals surface area (Å²) in [6.45, 7) is 3.67. The molecule has 2 saturated heterocycles. The van der Waals surface area contributed by atoms with Gasteiger partial charge in [0.05, 0.1) is 18.6 Å². The molecule has 2 fully saturated rings. The maximum Gasteiger partial charge on any atom is 0.338 e. The van der Waals surface area contributed by atoms with Gasteiger partial charge in [-0.05, 0) is 69.7 Å². The second-order valence-corrected chi connectivity index (χ2v) is 11.6. The standard InChI is InChI=1S/C33H41N5O7/c1-3-33(2)32(44)36-25(21-27(39)34-23-15-8-5-9-16-23)30(42)38-19-12-18-26(38)29(41)35-24(28(40)37-33)17-10-11-20-45-31(43)22-13-6-4-7-14-22/h4-9,13-16,24-26H,3,10-12,17-21H2,1-2H3,(H,34,39)(H,35,41)(H,36,44)(H,37,40)/t24-,25-,26+,33-/m0/s1. The molecule has 2 aromatic rings. The van der Waals surface area contributed by atoms with Crippen molar-refractivity contribution in [3.05, 3.63) is 66.2 Å². The Bertz CT molecular complexity index is 1390. The summed E-state index contributed by atoms with van der Waals surface area (Å²) in [4.78, 5) is 81.0. The zero-order chi connectivity index (χ0) is 32.4. The molecule has 0 bridgehead atoms. The predicted octanol–water partition coefficient (Wildman–Crippen LogP) is 2.30. The minimum atomic E-state index is -1.43. The molecule has 240 valence electrons. The SMILES string of the molecule is CC[C@]1(C)NC(=O)[C@H](CCCCOC(=O)c2ccccc2)NC(=O)[C@H]2CCCN2C(=O)[C@H](CC(=O)Nc2ccccc2)NC1=O. The zero-order valence-electron chi connectivity index (χ0n) is 25.7. The molecule has 2 heterocycles. The number of carbonyl (C=O) groups excluding carboxylic acids is 6. The van der Waals surface area contributed by atoms with Crippen LogP contribution < -0.4 is 21.3 Å². The van der Waals surface area contributed by atoms with Gasteiger partial charge in [-0.3, -0.25) is 24.0 Å². The molecule has 0 aliphatic carbocycles. The Hall–Kier alpha value is -4.74. The Morgan fingerprint density at radius 2 is 1.62 bits per heavy atom. The van der Waals surface area contributed by atoms with Crippen molar-refractivity contribution in [3.8, 4) is 0 Å². The summed E-state index contributed by atoms with van der Waals surface area (Å²) >= 11 is 0. The lowest BCUT2D eigenvalue weighted by Gasteiger charge is -2.35. The largest absolute Gasteiger partial charge is 0.462 e. The highest BCUT2D eigenvalue weighted by Gasteiger charge is 2.43. The first-order chi connectivity index (χ1) is 21.6. The lowest BCUT2D eigenvalue weighted by atomic mass is 9.95. The first kappa shape index (κ1) is 33.2. The fraction of sp³-hybridized carbons (Fsp3) is 0.455. The third-order valence-corrected chi connectivity index (χ3v) is 8.26. The van der Waals surface area contributed by atoms with E-state index in [4.69, 9.17) is 4.74 Å². The molecule has 5 amide bonds. The van der Waals surface area contributed by atoms with Crippen LogP contribution in [0.25, 0.3) is 0 Å². The molecule has 0 unspecified atom stereocenters. The summed E-state index contributed by atoms with van der Waals surface area (Å²) in [6, 6.07) is 14.3. The number of nitrogens with zero attached hydrogens (tertiary/aromatic N) is 1. The molecule has 2 aromatic carbocycles. The van der Waals surface area contributed by atoms with E-state index in [0.717, 1.165) is 0 Å². The van der Waals surface area contributed by atoms with Crippen molar-refractivity contribution < 1.29 is 33.5 Å². The summed E-state index contributed by atoms with van der Waals surface area (Å²) in [5, 5.41) is 11.0. The average Bonchev–Trinajstić information content (AvgIpc) is 3.54. The molecule has 4 N–H and O–H groups in total. The molecule has 12 heteroatoms. The van der Waals surface area contributed by atoms with Crippen LogP contribution in [0.15, 0.2) is 60.7 Å². The topological polar surface area (TPSA) is 163 Å². The Morgan fingerprint density at radius 1 is 0.933 bits per heavy atom. The summed E-state index contributed by atoms with van der Waals surface area (Å²) < 4.78 is 5.33. The third kappa shape index (κ3) is 8.68. The predicted molar refractivity (Wildman–Crippen MR) is 166 cm³/mol. The summed E-state index contributed by atoms with van der Waals surface area (Å²) in [6.07, 6.45) is 1.89. The second kappa shape index (κ2) is 15.3. The van der Waals surface area contributed by atoms with Crippen LogP contribution in [0.1, 0.15) is 69.2 Å². The van der Waals surface area contributed by atoms with Crippen LogP contribution in [0, 0.1) is 0 Å². The van der Waals surface area contributed by atoms with Crippen molar-refractivity contribution in [2.45, 2.75) is 82.5 Å². The smallest absolute Gasteiger partial charge is 0.338 e. The van der Waals surface area contributed by atoms with Gasteiger partial charge in [0.2, 0.25) is 29.5 Å². The monoisotopic (exact) mass is 619 g/mol. The highest BCUT2D eigenvalue weighted by molar-refractivity contribution is 6.01. The fourth-order valence-electron chi connectivity index (χ4n) is 5.41. The van der Waals surface area contributed by atoms with E-state index in [1.807, 2.05) is 0 Å². The van der Waals surface area contributed by atoms with Crippen LogP contribution in [-0.2, 0) is 28.7 Å². The van der Waals surface area contributed by atoms with E-state index < -0.39 is 59.2 Å². The van der Waals surface area contributed by atoms with E-state index in [2.05, 4.69) is 21.3 Å². The molecular weight excluding hydrogens is 578 g/mol. The quantitative estimate of drug-likeness (QED) is 0.234. The van der Waals surface area contributed by atoms with Crippen molar-refractivity contribution in [1.29, 1.82) is 0 Å². The van der Waals surface area contributed by atoms with Crippen LogP contribution in [0.3, 0.4) is 0 Å². The Morgan fingerprint density at radius 3 is 2.31 bits per heavy atom. The summed E-state index contributed by atoms with van der Waals surface area (Å²) in [5.74, 6) is -3.10. The van der Waals surface area contributed by atoms with Crippen LogP contribution in [0.2, 0.25) is 0 Å². The molecule has 45 heavy (non-hydrogen) atoms. The van der Waals surface area contributed by atoms with Crippen LogP contribution >= 0.6 is 0 Å². The minimum Gasteiger partial charge on any atom is -0.462 e. The number of benzene rings is 2. The van der Waals surface area contributed by atoms with Gasteiger partial charge in [-0.25, -0.2) is 4.79 Å². The molecule has 2 aliphatic rings. The maximum atomic E-state index is 13.8. The van der Waals surface area contributed by atoms with Gasteiger partial charge in [0.25, 0.3) is 0 Å². The highest BCUT2D eigenvalue weighted by Crippen LogP contribution is 2.22. The number of hydrogen-bond acceptors (Lipinski definition) is 7. The van der Waals surface area contributed by atoms with Gasteiger partial charge in [0.15, 0.2) is 0 Å². The van der Waals surface area contributed by atoms with Crippen LogP contribution in [-0.4, -0.2) is 77.2 Å². The second-order valence-electron chi connectivity index (χ2n) is 11.6. The molecule has 4 atom stereocenters. The van der Waals surface area contributed by atoms with Gasteiger partial charge < -0.3 is 30.9 Å². The van der Waals surface area contributed by atoms with Gasteiger partial charge in [-0.15, -0.1) is 0 Å². The van der Waals surface area contributed by atoms with E-state index in [9.17, 15) is 28.8 Å². The van der Waals surface area contributed by atoms with Gasteiger partial charge in [-0.2, -0.15) is 0 Å². The first-order valence-electron chi connectivity index (χ1n) is 15.4. The number of fused-ring (bicyclic) bond motifs is 1. The Balaban J connectivity index is 1.46. The van der Waals surface area contributed by atoms with Crippen molar-refractivity contribution in [2.24, 2.45) is 0 Å². The number of ether oxygens (including phenoxy) is 1. The van der Waals surface area contributed by atoms with Crippen LogP contribution in [0.5, 0.6) is 0 Å². The molecule has 0 spiro atoms. The molecule has 0 aromatic heterocycles. The number of unbranched alkanes of at least 4 members (excludes halogenated alkanes) is 1. The van der Waals surface area contributed by atoms with E-state index in [-0.39, 0.29) is 32.4 Å². The Kier molecular flexibility index (Phi) is 11.3. The normalized spacial score (nSPS) is 23.9. The minimum absolute atomic E-state index is 0.134. The van der Waals surface area contributed by atoms with E-state index >= 15 is 0 Å². The van der Waals surface area contributed by atoms with Crippen molar-refractivity contribution in [2.75, 3.05) is 18.5 Å². The lowest BCUT2D eigenvalue weighted by Crippen LogP contribution is -2.65. The zero-order valence-corrected chi connectivity index (χ0v) is 25.7. The summed E-state index contributed by atoms with van der Waals surface area (Å²) in [7, 11) is 0. The molecule has 12 nitrogen and oxygen atoms in total. The van der Waals surface area contributed by atoms with Gasteiger partial charge >= 0.3 is 5.97 Å². The van der Waals surface area contributed by atoms with Gasteiger partial charge in [0.1, 0.15) is 23.7 Å². The number of carbonyl (C=O) groups is 6. The third-order valence-electron chi connectivity index (χ3n) is 8.26. The number of esters is 1. The lowest BCUT2D eigenvalue weighted by molar-refractivity contribution is -0.145. The maximum absolute atomic E-state index is 13.8. The van der Waals surface area contributed by atoms with E-state index in [1.165, 1.54) is 11.8 Å². The number of nitrogens with one attached hydrogen (secondary N) is 4. The van der Waals surface area contributed by atoms with Crippen molar-refractivity contribution >= 4 is 41.2 Å². The van der Waals surface area contributed by atoms with Crippen molar-refractivity contribution in [3.63, 3.8) is 0 Å². The number of para-hydroxylation sites is 1. The summed E-state index contributed by atoms with van der Waals surface area (Å²) in [5.41, 5.74) is -0.446. The molecule has 2 aliphatic heterocycles. The number of amides is 5. The number of anilines is 1. The molecule has 0 saturated carbocycles. The van der Waals surface area contributed by atoms with E-state index in [0.29, 0.717) is 36.9 Å². The molecule has 4 rings (SSSR count). The number of hydrogen-bond donors (Lipinski definition) is 4. The van der Waals surface area contributed by atoms with E-state index in [1.54, 1.807) is 67.6 Å². The highest BCUT2D eigenvalue weighted by atomic mass is 16.5. The Labute approximate surface area is 262 Å². The van der Waals surface area contributed by atoms with Crippen molar-refractivity contribution in [1.82, 2.24) is 20.9 Å². The van der Waals surface area contributed by atoms with Crippen LogP contribution in [0.4, 0.5) is 5.69 Å². The van der Waals surface area contributed by atoms with Gasteiger partial charge in [0, 0.05) is 12.2 Å².